The lowest BCUT2D eigenvalue weighted by Gasteiger charge is -2.56. The number of carbonyl (C=O) groups excluding carboxylic acids is 1. The number of fused-ring (bicyclic) bond motifs is 1. The molecule has 1 amide bonds. The SMILES string of the molecule is O=C(NC12CC3CC(CC(C3)C1)C2)c1cc2ncccn2n1. The van der Waals surface area contributed by atoms with Gasteiger partial charge in [-0.2, -0.15) is 5.10 Å². The van der Waals surface area contributed by atoms with E-state index in [1.54, 1.807) is 16.8 Å². The van der Waals surface area contributed by atoms with Crippen LogP contribution in [0.25, 0.3) is 5.65 Å². The molecule has 5 nitrogen and oxygen atoms in total. The minimum atomic E-state index is -0.0348. The molecule has 4 fully saturated rings. The first-order valence-corrected chi connectivity index (χ1v) is 8.32. The first-order valence-electron chi connectivity index (χ1n) is 8.32. The minimum absolute atomic E-state index is 0.0348. The number of rotatable bonds is 2. The van der Waals surface area contributed by atoms with E-state index in [0.717, 1.165) is 42.7 Å². The molecule has 4 bridgehead atoms. The molecule has 0 atom stereocenters. The van der Waals surface area contributed by atoms with E-state index < -0.39 is 0 Å². The lowest BCUT2D eigenvalue weighted by molar-refractivity contribution is -0.0167. The van der Waals surface area contributed by atoms with Crippen molar-refractivity contribution >= 4 is 11.6 Å². The van der Waals surface area contributed by atoms with Gasteiger partial charge < -0.3 is 5.32 Å². The summed E-state index contributed by atoms with van der Waals surface area (Å²) in [7, 11) is 0. The zero-order valence-electron chi connectivity index (χ0n) is 12.5. The molecule has 114 valence electrons. The number of nitrogens with one attached hydrogen (secondary N) is 1. The van der Waals surface area contributed by atoms with Crippen molar-refractivity contribution in [2.24, 2.45) is 17.8 Å². The highest BCUT2D eigenvalue weighted by Gasteiger charge is 2.51. The van der Waals surface area contributed by atoms with Crippen molar-refractivity contribution < 1.29 is 4.79 Å². The lowest BCUT2D eigenvalue weighted by atomic mass is 9.53. The Labute approximate surface area is 129 Å². The predicted octanol–water partition coefficient (Wildman–Crippen LogP) is 2.43. The van der Waals surface area contributed by atoms with Crippen LogP contribution in [0.15, 0.2) is 24.5 Å². The molecule has 0 aliphatic heterocycles. The van der Waals surface area contributed by atoms with Crippen LogP contribution in [0.5, 0.6) is 0 Å². The van der Waals surface area contributed by atoms with Gasteiger partial charge in [-0.3, -0.25) is 4.79 Å². The van der Waals surface area contributed by atoms with Crippen LogP contribution < -0.4 is 5.32 Å². The van der Waals surface area contributed by atoms with Crippen LogP contribution in [-0.4, -0.2) is 26.0 Å². The van der Waals surface area contributed by atoms with E-state index in [4.69, 9.17) is 0 Å². The van der Waals surface area contributed by atoms with Gasteiger partial charge in [-0.25, -0.2) is 9.50 Å². The first kappa shape index (κ1) is 12.6. The van der Waals surface area contributed by atoms with E-state index in [9.17, 15) is 4.79 Å². The second kappa shape index (κ2) is 4.31. The fourth-order valence-corrected chi connectivity index (χ4v) is 5.51. The van der Waals surface area contributed by atoms with E-state index >= 15 is 0 Å². The molecule has 22 heavy (non-hydrogen) atoms. The van der Waals surface area contributed by atoms with Crippen LogP contribution in [0, 0.1) is 17.8 Å². The van der Waals surface area contributed by atoms with Crippen molar-refractivity contribution in [1.29, 1.82) is 0 Å². The third-order valence-corrected chi connectivity index (χ3v) is 5.89. The van der Waals surface area contributed by atoms with Gasteiger partial charge in [-0.05, 0) is 62.3 Å². The van der Waals surface area contributed by atoms with Crippen molar-refractivity contribution in [2.75, 3.05) is 0 Å². The van der Waals surface area contributed by atoms with Gasteiger partial charge in [0.15, 0.2) is 11.3 Å². The highest BCUT2D eigenvalue weighted by Crippen LogP contribution is 2.55. The van der Waals surface area contributed by atoms with Crippen molar-refractivity contribution in [2.45, 2.75) is 44.1 Å². The summed E-state index contributed by atoms with van der Waals surface area (Å²) < 4.78 is 1.66. The summed E-state index contributed by atoms with van der Waals surface area (Å²) in [6, 6.07) is 3.59. The zero-order chi connectivity index (χ0) is 14.7. The molecular formula is C17H20N4O. The van der Waals surface area contributed by atoms with Gasteiger partial charge in [0.05, 0.1) is 0 Å². The van der Waals surface area contributed by atoms with E-state index in [2.05, 4.69) is 15.4 Å². The van der Waals surface area contributed by atoms with Crippen LogP contribution in [0.3, 0.4) is 0 Å². The molecule has 0 saturated heterocycles. The molecule has 1 N–H and O–H groups in total. The number of carbonyl (C=O) groups is 1. The summed E-state index contributed by atoms with van der Waals surface area (Å²) >= 11 is 0. The van der Waals surface area contributed by atoms with Gasteiger partial charge in [-0.15, -0.1) is 0 Å². The average molecular weight is 296 g/mol. The molecule has 4 aliphatic carbocycles. The summed E-state index contributed by atoms with van der Waals surface area (Å²) in [4.78, 5) is 16.9. The van der Waals surface area contributed by atoms with Crippen LogP contribution in [0.1, 0.15) is 49.0 Å². The summed E-state index contributed by atoms with van der Waals surface area (Å²) in [5, 5.41) is 7.71. The van der Waals surface area contributed by atoms with E-state index in [1.165, 1.54) is 19.3 Å². The normalized spacial score (nSPS) is 35.9. The maximum atomic E-state index is 12.7. The monoisotopic (exact) mass is 296 g/mol. The molecule has 0 unspecified atom stereocenters. The summed E-state index contributed by atoms with van der Waals surface area (Å²) in [5.74, 6) is 2.45. The molecular weight excluding hydrogens is 276 g/mol. The Balaban J connectivity index is 1.42. The Kier molecular flexibility index (Phi) is 2.47. The molecule has 4 aliphatic rings. The number of amides is 1. The van der Waals surface area contributed by atoms with Crippen LogP contribution in [0.4, 0.5) is 0 Å². The first-order chi connectivity index (χ1) is 10.7. The standard InChI is InChI=1S/C17H20N4O/c22-16(14-7-15-18-2-1-3-21(15)20-14)19-17-8-11-4-12(9-17)6-13(5-11)10-17/h1-3,7,11-13H,4-6,8-10H2,(H,19,22). The second-order valence-corrected chi connectivity index (χ2v) is 7.60. The van der Waals surface area contributed by atoms with Gasteiger partial charge in [-0.1, -0.05) is 0 Å². The summed E-state index contributed by atoms with van der Waals surface area (Å²) in [5.41, 5.74) is 1.24. The third kappa shape index (κ3) is 1.87. The molecule has 0 aromatic carbocycles. The van der Waals surface area contributed by atoms with Gasteiger partial charge in [0.1, 0.15) is 0 Å². The maximum absolute atomic E-state index is 12.7. The van der Waals surface area contributed by atoms with Crippen LogP contribution >= 0.6 is 0 Å². The zero-order valence-corrected chi connectivity index (χ0v) is 12.5. The molecule has 2 aromatic heterocycles. The van der Waals surface area contributed by atoms with Gasteiger partial charge >= 0.3 is 0 Å². The molecule has 2 aromatic rings. The fraction of sp³-hybridized carbons (Fsp3) is 0.588. The maximum Gasteiger partial charge on any atom is 0.272 e. The van der Waals surface area contributed by atoms with E-state index in [-0.39, 0.29) is 11.4 Å². The summed E-state index contributed by atoms with van der Waals surface area (Å²) in [6.07, 6.45) is 11.2. The molecule has 0 radical (unpaired) electrons. The van der Waals surface area contributed by atoms with Crippen LogP contribution in [-0.2, 0) is 0 Å². The smallest absolute Gasteiger partial charge is 0.272 e. The second-order valence-electron chi connectivity index (χ2n) is 7.60. The summed E-state index contributed by atoms with van der Waals surface area (Å²) in [6.45, 7) is 0. The number of nitrogens with zero attached hydrogens (tertiary/aromatic N) is 3. The fourth-order valence-electron chi connectivity index (χ4n) is 5.51. The van der Waals surface area contributed by atoms with Gasteiger partial charge in [0, 0.05) is 24.0 Å². The number of aromatic nitrogens is 3. The molecule has 5 heteroatoms. The van der Waals surface area contributed by atoms with E-state index in [0.29, 0.717) is 5.69 Å². The molecule has 2 heterocycles. The Morgan fingerprint density at radius 3 is 2.50 bits per heavy atom. The Hall–Kier alpha value is -1.91. The highest BCUT2D eigenvalue weighted by atomic mass is 16.2. The van der Waals surface area contributed by atoms with Gasteiger partial charge in [0.25, 0.3) is 5.91 Å². The Morgan fingerprint density at radius 2 is 1.86 bits per heavy atom. The van der Waals surface area contributed by atoms with Crippen molar-refractivity contribution in [1.82, 2.24) is 19.9 Å². The topological polar surface area (TPSA) is 59.3 Å². The van der Waals surface area contributed by atoms with Gasteiger partial charge in [0.2, 0.25) is 0 Å². The molecule has 6 rings (SSSR count). The highest BCUT2D eigenvalue weighted by molar-refractivity contribution is 5.93. The quantitative estimate of drug-likeness (QED) is 0.926. The Morgan fingerprint density at radius 1 is 1.18 bits per heavy atom. The van der Waals surface area contributed by atoms with Crippen molar-refractivity contribution in [3.05, 3.63) is 30.2 Å². The van der Waals surface area contributed by atoms with Crippen LogP contribution in [0.2, 0.25) is 0 Å². The average Bonchev–Trinajstić information content (AvgIpc) is 2.89. The third-order valence-electron chi connectivity index (χ3n) is 5.89. The lowest BCUT2D eigenvalue weighted by Crippen LogP contribution is -2.59. The van der Waals surface area contributed by atoms with E-state index in [1.807, 2.05) is 12.3 Å². The largest absolute Gasteiger partial charge is 0.345 e. The molecule has 0 spiro atoms. The number of hydrogen-bond acceptors (Lipinski definition) is 3. The number of hydrogen-bond donors (Lipinski definition) is 1. The van der Waals surface area contributed by atoms with Crippen molar-refractivity contribution in [3.63, 3.8) is 0 Å². The Bertz CT molecular complexity index is 682. The minimum Gasteiger partial charge on any atom is -0.345 e. The van der Waals surface area contributed by atoms with Crippen molar-refractivity contribution in [3.8, 4) is 0 Å². The predicted molar refractivity (Wildman–Crippen MR) is 81.4 cm³/mol. The molecule has 4 saturated carbocycles.